The van der Waals surface area contributed by atoms with Crippen molar-refractivity contribution in [1.82, 2.24) is 30.6 Å². The van der Waals surface area contributed by atoms with Crippen LogP contribution in [0.5, 0.6) is 0 Å². The topological polar surface area (TPSA) is 225 Å². The van der Waals surface area contributed by atoms with Crippen LogP contribution in [0.25, 0.3) is 11.2 Å². The number of carboxylic acid groups (broad SMARTS) is 2. The molecule has 2 heterocycles. The SMILES string of the molecule is Nc1nc2ncc(CNc3ccc(C(=O)N[C@@H](CNC(=O)O)C(=O)O)cc3)nc2c(=O)[nH]1. The molecule has 2 aromatic heterocycles. The number of hydrogen-bond donors (Lipinski definition) is 7. The first kappa shape index (κ1) is 21.9. The fraction of sp³-hybridized carbons (Fsp3) is 0.167. The normalized spacial score (nSPS) is 11.5. The van der Waals surface area contributed by atoms with Crippen molar-refractivity contribution in [3.05, 3.63) is 52.1 Å². The minimum Gasteiger partial charge on any atom is -0.480 e. The number of anilines is 2. The van der Waals surface area contributed by atoms with Gasteiger partial charge in [0.1, 0.15) is 6.04 Å². The van der Waals surface area contributed by atoms with E-state index < -0.39 is 36.1 Å². The predicted octanol–water partition coefficient (Wildman–Crippen LogP) is -0.642. The number of nitrogens with two attached hydrogens (primary N) is 1. The summed E-state index contributed by atoms with van der Waals surface area (Å²) < 4.78 is 0. The second-order valence-corrected chi connectivity index (χ2v) is 6.47. The first-order valence-corrected chi connectivity index (χ1v) is 9.08. The Morgan fingerprint density at radius 1 is 1.12 bits per heavy atom. The van der Waals surface area contributed by atoms with E-state index in [4.69, 9.17) is 15.9 Å². The van der Waals surface area contributed by atoms with E-state index in [-0.39, 0.29) is 29.2 Å². The van der Waals surface area contributed by atoms with Crippen molar-refractivity contribution < 1.29 is 24.6 Å². The van der Waals surface area contributed by atoms with Crippen LogP contribution in [-0.4, -0.2) is 60.7 Å². The van der Waals surface area contributed by atoms with Crippen LogP contribution in [0.1, 0.15) is 16.1 Å². The molecule has 0 radical (unpaired) electrons. The van der Waals surface area contributed by atoms with Gasteiger partial charge in [-0.25, -0.2) is 19.6 Å². The molecule has 0 fully saturated rings. The lowest BCUT2D eigenvalue weighted by Crippen LogP contribution is -2.48. The van der Waals surface area contributed by atoms with Gasteiger partial charge in [0, 0.05) is 11.3 Å². The highest BCUT2D eigenvalue weighted by molar-refractivity contribution is 5.97. The van der Waals surface area contributed by atoms with E-state index in [1.807, 2.05) is 5.32 Å². The van der Waals surface area contributed by atoms with Gasteiger partial charge in [-0.3, -0.25) is 14.6 Å². The average molecular weight is 442 g/mol. The second kappa shape index (κ2) is 9.38. The van der Waals surface area contributed by atoms with Crippen LogP contribution in [0.15, 0.2) is 35.3 Å². The highest BCUT2D eigenvalue weighted by Gasteiger charge is 2.21. The first-order chi connectivity index (χ1) is 15.2. The Bertz CT molecular complexity index is 1230. The number of rotatable bonds is 8. The van der Waals surface area contributed by atoms with Crippen molar-refractivity contribution in [2.45, 2.75) is 12.6 Å². The van der Waals surface area contributed by atoms with Gasteiger partial charge < -0.3 is 31.9 Å². The van der Waals surface area contributed by atoms with Crippen LogP contribution >= 0.6 is 0 Å². The van der Waals surface area contributed by atoms with E-state index in [0.717, 1.165) is 0 Å². The lowest BCUT2D eigenvalue weighted by molar-refractivity contribution is -0.139. The van der Waals surface area contributed by atoms with E-state index in [1.165, 1.54) is 18.3 Å². The number of fused-ring (bicyclic) bond motifs is 1. The van der Waals surface area contributed by atoms with Gasteiger partial charge in [0.05, 0.1) is 25.0 Å². The standard InChI is InChI=1S/C18H18N8O6/c19-17-25-13-12(15(28)26-17)23-10(6-21-13)5-20-9-3-1-8(2-4-9)14(27)24-11(16(29)30)7-22-18(31)32/h1-4,6,11,20,22H,5,7H2,(H,24,27)(H,29,30)(H,31,32)(H3,19,21,25,26,28)/t11-/m0/s1. The van der Waals surface area contributed by atoms with Crippen molar-refractivity contribution in [2.24, 2.45) is 0 Å². The molecule has 1 aromatic carbocycles. The number of nitrogen functional groups attached to an aromatic ring is 1. The van der Waals surface area contributed by atoms with Crippen molar-refractivity contribution in [3.8, 4) is 0 Å². The number of carboxylic acids is 1. The zero-order valence-corrected chi connectivity index (χ0v) is 16.3. The molecular weight excluding hydrogens is 424 g/mol. The molecule has 0 saturated heterocycles. The molecule has 8 N–H and O–H groups in total. The molecule has 3 rings (SSSR count). The molecule has 0 aliphatic carbocycles. The predicted molar refractivity (Wildman–Crippen MR) is 111 cm³/mol. The molecule has 14 heteroatoms. The first-order valence-electron chi connectivity index (χ1n) is 9.08. The monoisotopic (exact) mass is 442 g/mol. The van der Waals surface area contributed by atoms with Crippen molar-refractivity contribution in [1.29, 1.82) is 0 Å². The zero-order chi connectivity index (χ0) is 23.3. The number of H-pyrrole nitrogens is 1. The summed E-state index contributed by atoms with van der Waals surface area (Å²) >= 11 is 0. The van der Waals surface area contributed by atoms with Gasteiger partial charge >= 0.3 is 12.1 Å². The molecule has 0 aliphatic heterocycles. The number of carbonyl (C=O) groups excluding carboxylic acids is 1. The fourth-order valence-electron chi connectivity index (χ4n) is 2.62. The summed E-state index contributed by atoms with van der Waals surface area (Å²) in [5.74, 6) is -2.11. The number of aliphatic carboxylic acids is 1. The van der Waals surface area contributed by atoms with Crippen LogP contribution in [-0.2, 0) is 11.3 Å². The number of aromatic nitrogens is 4. The molecule has 0 saturated carbocycles. The highest BCUT2D eigenvalue weighted by atomic mass is 16.4. The van der Waals surface area contributed by atoms with Crippen LogP contribution in [0.2, 0.25) is 0 Å². The number of benzene rings is 1. The lowest BCUT2D eigenvalue weighted by atomic mass is 10.1. The number of nitrogens with zero attached hydrogens (tertiary/aromatic N) is 3. The minimum absolute atomic E-state index is 0.0518. The molecule has 0 spiro atoms. The van der Waals surface area contributed by atoms with Crippen LogP contribution in [0, 0.1) is 0 Å². The van der Waals surface area contributed by atoms with Gasteiger partial charge in [-0.1, -0.05) is 0 Å². The number of amides is 2. The quantitative estimate of drug-likeness (QED) is 0.232. The van der Waals surface area contributed by atoms with Gasteiger partial charge in [-0.05, 0) is 24.3 Å². The molecule has 0 aliphatic rings. The van der Waals surface area contributed by atoms with E-state index in [2.05, 4.69) is 30.6 Å². The third-order valence-corrected chi connectivity index (χ3v) is 4.17. The van der Waals surface area contributed by atoms with Gasteiger partial charge in [0.25, 0.3) is 11.5 Å². The molecule has 3 aromatic rings. The Morgan fingerprint density at radius 2 is 1.84 bits per heavy atom. The smallest absolute Gasteiger partial charge is 0.404 e. The Morgan fingerprint density at radius 3 is 2.50 bits per heavy atom. The zero-order valence-electron chi connectivity index (χ0n) is 16.3. The molecule has 166 valence electrons. The van der Waals surface area contributed by atoms with E-state index in [9.17, 15) is 19.2 Å². The summed E-state index contributed by atoms with van der Waals surface area (Å²) in [5, 5.41) is 24.9. The third-order valence-electron chi connectivity index (χ3n) is 4.17. The molecule has 32 heavy (non-hydrogen) atoms. The Hall–Kier alpha value is -4.75. The van der Waals surface area contributed by atoms with Gasteiger partial charge in [0.15, 0.2) is 11.2 Å². The summed E-state index contributed by atoms with van der Waals surface area (Å²) in [6.45, 7) is -0.256. The number of aromatic amines is 1. The minimum atomic E-state index is -1.42. The largest absolute Gasteiger partial charge is 0.480 e. The molecule has 2 amide bonds. The van der Waals surface area contributed by atoms with E-state index in [0.29, 0.717) is 11.4 Å². The highest BCUT2D eigenvalue weighted by Crippen LogP contribution is 2.12. The van der Waals surface area contributed by atoms with Gasteiger partial charge in [0.2, 0.25) is 5.95 Å². The summed E-state index contributed by atoms with van der Waals surface area (Å²) in [4.78, 5) is 60.4. The second-order valence-electron chi connectivity index (χ2n) is 6.47. The molecule has 14 nitrogen and oxygen atoms in total. The Labute approximate surface area is 178 Å². The van der Waals surface area contributed by atoms with Gasteiger partial charge in [-0.15, -0.1) is 0 Å². The summed E-state index contributed by atoms with van der Waals surface area (Å²) in [6, 6.07) is 4.68. The number of hydrogen-bond acceptors (Lipinski definition) is 9. The summed E-state index contributed by atoms with van der Waals surface area (Å²) in [5.41, 5.74) is 6.41. The average Bonchev–Trinajstić information content (AvgIpc) is 2.75. The molecule has 1 atom stereocenters. The molecule has 0 unspecified atom stereocenters. The maximum atomic E-state index is 12.2. The maximum Gasteiger partial charge on any atom is 0.404 e. The van der Waals surface area contributed by atoms with Crippen molar-refractivity contribution >= 4 is 40.8 Å². The Balaban J connectivity index is 1.62. The lowest BCUT2D eigenvalue weighted by Gasteiger charge is -2.14. The Kier molecular flexibility index (Phi) is 6.43. The maximum absolute atomic E-state index is 12.2. The third kappa shape index (κ3) is 5.44. The summed E-state index contributed by atoms with van der Waals surface area (Å²) in [6.07, 6.45) is 0.0438. The van der Waals surface area contributed by atoms with Gasteiger partial charge in [-0.2, -0.15) is 4.98 Å². The molecule has 0 bridgehead atoms. The summed E-state index contributed by atoms with van der Waals surface area (Å²) in [7, 11) is 0. The number of carbonyl (C=O) groups is 3. The van der Waals surface area contributed by atoms with Crippen LogP contribution in [0.4, 0.5) is 16.4 Å². The van der Waals surface area contributed by atoms with Crippen LogP contribution < -0.4 is 27.2 Å². The van der Waals surface area contributed by atoms with Crippen LogP contribution in [0.3, 0.4) is 0 Å². The number of nitrogens with one attached hydrogen (secondary N) is 4. The fourth-order valence-corrected chi connectivity index (χ4v) is 2.62. The van der Waals surface area contributed by atoms with Crippen molar-refractivity contribution in [3.63, 3.8) is 0 Å². The van der Waals surface area contributed by atoms with Crippen molar-refractivity contribution in [2.75, 3.05) is 17.6 Å². The molecular formula is C18H18N8O6. The van der Waals surface area contributed by atoms with E-state index in [1.54, 1.807) is 12.1 Å². The van der Waals surface area contributed by atoms with E-state index >= 15 is 0 Å².